The van der Waals surface area contributed by atoms with Crippen molar-refractivity contribution in [3.63, 3.8) is 0 Å². The molecule has 0 saturated heterocycles. The van der Waals surface area contributed by atoms with Crippen LogP contribution in [0.2, 0.25) is 0 Å². The van der Waals surface area contributed by atoms with E-state index in [9.17, 15) is 24.7 Å². The summed E-state index contributed by atoms with van der Waals surface area (Å²) in [5, 5.41) is 31.9. The summed E-state index contributed by atoms with van der Waals surface area (Å²) in [6, 6.07) is 1.67. The molecule has 0 radical (unpaired) electrons. The highest BCUT2D eigenvalue weighted by Crippen LogP contribution is 2.77. The van der Waals surface area contributed by atoms with Gasteiger partial charge in [-0.1, -0.05) is 39.3 Å². The Balaban J connectivity index is 1.75. The third kappa shape index (κ3) is 4.04. The Hall–Kier alpha value is -1.82. The number of aliphatic carboxylic acids is 1. The Bertz CT molecular complexity index is 1340. The van der Waals surface area contributed by atoms with Gasteiger partial charge in [0.2, 0.25) is 0 Å². The molecular formula is C33H49O7P. The third-order valence-electron chi connectivity index (χ3n) is 12.6. The van der Waals surface area contributed by atoms with Gasteiger partial charge in [0.15, 0.2) is 11.5 Å². The normalized spacial score (nSPS) is 40.0. The Morgan fingerprint density at radius 3 is 2.17 bits per heavy atom. The van der Waals surface area contributed by atoms with Crippen molar-refractivity contribution in [2.75, 3.05) is 13.2 Å². The highest BCUT2D eigenvalue weighted by atomic mass is 31.2. The maximum atomic E-state index is 14.5. The number of phenolic OH excluding ortho intramolecular Hbond substituents is 2. The van der Waals surface area contributed by atoms with Crippen LogP contribution < -0.4 is 0 Å². The van der Waals surface area contributed by atoms with Gasteiger partial charge in [0.05, 0.1) is 18.6 Å². The van der Waals surface area contributed by atoms with E-state index in [4.69, 9.17) is 9.05 Å². The van der Waals surface area contributed by atoms with Crippen molar-refractivity contribution >= 4 is 13.6 Å². The monoisotopic (exact) mass is 588 g/mol. The van der Waals surface area contributed by atoms with Crippen LogP contribution in [0.5, 0.6) is 11.5 Å². The van der Waals surface area contributed by atoms with Gasteiger partial charge in [-0.3, -0.25) is 9.36 Å². The second-order valence-corrected chi connectivity index (χ2v) is 16.7. The number of hydrogen-bond acceptors (Lipinski definition) is 6. The number of rotatable bonds is 6. The molecule has 4 aliphatic carbocycles. The van der Waals surface area contributed by atoms with Crippen LogP contribution >= 0.6 is 7.60 Å². The molecule has 0 aromatic heterocycles. The fourth-order valence-electron chi connectivity index (χ4n) is 9.71. The predicted molar refractivity (Wildman–Crippen MR) is 159 cm³/mol. The standard InChI is InChI=1S/C33H49O7P/c1-9-39-41(38,40-10-2)23-18-24-31(6,21-17-22(34)27(35)20(3)26(21)23)14-16-33(8)25-19-30(5,28(36)37)12-11-29(25,4)13-15-32(24,33)7/h17-18,23,25,34-35H,9-16,19H2,1-8H3,(H,36,37)/t23?,25?,29-,30-,31+,32-,33+/m1/s1. The van der Waals surface area contributed by atoms with E-state index in [1.165, 1.54) is 5.57 Å². The van der Waals surface area contributed by atoms with E-state index < -0.39 is 30.1 Å². The molecule has 2 unspecified atom stereocenters. The lowest BCUT2D eigenvalue weighted by atomic mass is 9.34. The number of aromatic hydroxyl groups is 2. The lowest BCUT2D eigenvalue weighted by Gasteiger charge is -2.70. The molecular weight excluding hydrogens is 539 g/mol. The van der Waals surface area contributed by atoms with Crippen LogP contribution in [-0.2, 0) is 23.8 Å². The molecule has 7 nitrogen and oxygen atoms in total. The van der Waals surface area contributed by atoms with E-state index in [0.29, 0.717) is 18.4 Å². The molecule has 3 saturated carbocycles. The van der Waals surface area contributed by atoms with Gasteiger partial charge < -0.3 is 24.4 Å². The van der Waals surface area contributed by atoms with Gasteiger partial charge in [-0.2, -0.15) is 0 Å². The highest BCUT2D eigenvalue weighted by molar-refractivity contribution is 7.54. The lowest BCUT2D eigenvalue weighted by Crippen LogP contribution is -2.62. The molecule has 1 aromatic rings. The molecule has 0 heterocycles. The predicted octanol–water partition coefficient (Wildman–Crippen LogP) is 8.41. The van der Waals surface area contributed by atoms with Gasteiger partial charge in [-0.15, -0.1) is 0 Å². The Morgan fingerprint density at radius 2 is 1.59 bits per heavy atom. The quantitative estimate of drug-likeness (QED) is 0.174. The van der Waals surface area contributed by atoms with Crippen molar-refractivity contribution in [2.24, 2.45) is 27.6 Å². The third-order valence-corrected chi connectivity index (χ3v) is 14.9. The zero-order chi connectivity index (χ0) is 30.4. The largest absolute Gasteiger partial charge is 0.504 e. The Morgan fingerprint density at radius 1 is 0.976 bits per heavy atom. The summed E-state index contributed by atoms with van der Waals surface area (Å²) >= 11 is 0. The fourth-order valence-corrected chi connectivity index (χ4v) is 11.8. The number of carbonyl (C=O) groups is 1. The van der Waals surface area contributed by atoms with Crippen molar-refractivity contribution in [3.05, 3.63) is 34.4 Å². The van der Waals surface area contributed by atoms with Crippen LogP contribution in [0.15, 0.2) is 17.7 Å². The fraction of sp³-hybridized carbons (Fsp3) is 0.727. The van der Waals surface area contributed by atoms with Gasteiger partial charge in [0, 0.05) is 5.41 Å². The number of allylic oxidation sites excluding steroid dienone is 2. The Kier molecular flexibility index (Phi) is 7.17. The molecule has 7 atom stereocenters. The van der Waals surface area contributed by atoms with Gasteiger partial charge in [0.25, 0.3) is 0 Å². The Labute approximate surface area is 245 Å². The summed E-state index contributed by atoms with van der Waals surface area (Å²) in [6.07, 6.45) is 8.05. The van der Waals surface area contributed by atoms with E-state index in [1.807, 2.05) is 6.92 Å². The zero-order valence-electron chi connectivity index (χ0n) is 26.1. The molecule has 8 heteroatoms. The van der Waals surface area contributed by atoms with Crippen molar-refractivity contribution in [3.8, 4) is 11.5 Å². The number of hydrogen-bond donors (Lipinski definition) is 3. The molecule has 0 aliphatic heterocycles. The molecule has 41 heavy (non-hydrogen) atoms. The smallest absolute Gasteiger partial charge is 0.341 e. The highest BCUT2D eigenvalue weighted by Gasteiger charge is 2.68. The van der Waals surface area contributed by atoms with Gasteiger partial charge in [-0.25, -0.2) is 0 Å². The molecule has 0 amide bonds. The van der Waals surface area contributed by atoms with E-state index >= 15 is 0 Å². The van der Waals surface area contributed by atoms with Crippen LogP contribution in [0.1, 0.15) is 116 Å². The minimum absolute atomic E-state index is 0.0656. The average Bonchev–Trinajstić information content (AvgIpc) is 2.90. The summed E-state index contributed by atoms with van der Waals surface area (Å²) < 4.78 is 26.4. The van der Waals surface area contributed by atoms with Crippen molar-refractivity contribution in [2.45, 2.75) is 111 Å². The first-order chi connectivity index (χ1) is 19.0. The van der Waals surface area contributed by atoms with Crippen LogP contribution in [0.25, 0.3) is 0 Å². The average molecular weight is 589 g/mol. The topological polar surface area (TPSA) is 113 Å². The maximum Gasteiger partial charge on any atom is 0.341 e. The second kappa shape index (κ2) is 9.59. The molecule has 4 aliphatic rings. The second-order valence-electron chi connectivity index (χ2n) is 14.6. The first-order valence-corrected chi connectivity index (χ1v) is 17.0. The molecule has 3 N–H and O–H groups in total. The number of fused-ring (bicyclic) bond motifs is 7. The van der Waals surface area contributed by atoms with Crippen molar-refractivity contribution in [1.29, 1.82) is 0 Å². The van der Waals surface area contributed by atoms with E-state index in [1.54, 1.807) is 26.8 Å². The zero-order valence-corrected chi connectivity index (χ0v) is 27.0. The maximum absolute atomic E-state index is 14.5. The number of carboxylic acids is 1. The number of benzene rings is 1. The first kappa shape index (κ1) is 30.6. The number of phenols is 2. The van der Waals surface area contributed by atoms with E-state index in [-0.39, 0.29) is 46.9 Å². The molecule has 228 valence electrons. The molecule has 0 bridgehead atoms. The summed E-state index contributed by atoms with van der Waals surface area (Å²) in [5.74, 6) is -0.870. The van der Waals surface area contributed by atoms with Gasteiger partial charge in [-0.05, 0) is 118 Å². The number of carboxylic acid groups (broad SMARTS) is 1. The van der Waals surface area contributed by atoms with Crippen molar-refractivity contribution < 1.29 is 33.7 Å². The van der Waals surface area contributed by atoms with Gasteiger partial charge in [0.1, 0.15) is 5.66 Å². The van der Waals surface area contributed by atoms with Gasteiger partial charge >= 0.3 is 13.6 Å². The lowest BCUT2D eigenvalue weighted by molar-refractivity contribution is -0.177. The summed E-state index contributed by atoms with van der Waals surface area (Å²) in [4.78, 5) is 12.5. The summed E-state index contributed by atoms with van der Waals surface area (Å²) in [6.45, 7) is 17.0. The SMILES string of the molecule is CCOP(=O)(OCC)C1C=C2[C@@](C)(CC[C@@]3(C)C4C[C@](C)(C(=O)O)CC[C@]4(C)CC[C@]23C)c2cc(O)c(O)c(C)c21. The minimum atomic E-state index is -3.70. The van der Waals surface area contributed by atoms with E-state index in [2.05, 4.69) is 33.8 Å². The van der Waals surface area contributed by atoms with Crippen LogP contribution in [0.3, 0.4) is 0 Å². The molecule has 0 spiro atoms. The first-order valence-electron chi connectivity index (χ1n) is 15.4. The molecule has 3 fully saturated rings. The van der Waals surface area contributed by atoms with Crippen LogP contribution in [0, 0.1) is 34.5 Å². The van der Waals surface area contributed by atoms with Crippen molar-refractivity contribution in [1.82, 2.24) is 0 Å². The van der Waals surface area contributed by atoms with Crippen LogP contribution in [0.4, 0.5) is 0 Å². The summed E-state index contributed by atoms with van der Waals surface area (Å²) in [5.41, 5.74) is 0.932. The van der Waals surface area contributed by atoms with Crippen LogP contribution in [-0.4, -0.2) is 34.5 Å². The van der Waals surface area contributed by atoms with E-state index in [0.717, 1.165) is 43.2 Å². The minimum Gasteiger partial charge on any atom is -0.504 e. The molecule has 1 aromatic carbocycles. The summed E-state index contributed by atoms with van der Waals surface area (Å²) in [7, 11) is -3.70. The molecule has 5 rings (SSSR count).